The second-order valence-corrected chi connectivity index (χ2v) is 4.89. The van der Waals surface area contributed by atoms with Crippen LogP contribution in [0.3, 0.4) is 0 Å². The molecule has 0 spiro atoms. The molecule has 0 N–H and O–H groups in total. The Kier molecular flexibility index (Phi) is 5.26. The van der Waals surface area contributed by atoms with Gasteiger partial charge in [0.15, 0.2) is 11.6 Å². The van der Waals surface area contributed by atoms with Crippen LogP contribution >= 0.6 is 0 Å². The largest absolute Gasteiger partial charge is 0.462 e. The van der Waals surface area contributed by atoms with E-state index in [4.69, 9.17) is 4.74 Å². The van der Waals surface area contributed by atoms with Gasteiger partial charge in [0.05, 0.1) is 6.26 Å². The molecule has 1 nitrogen and oxygen atoms in total. The molecule has 2 rings (SSSR count). The summed E-state index contributed by atoms with van der Waals surface area (Å²) in [5.74, 6) is -3.05. The van der Waals surface area contributed by atoms with Gasteiger partial charge in [-0.3, -0.25) is 0 Å². The van der Waals surface area contributed by atoms with Crippen molar-refractivity contribution in [2.24, 2.45) is 0 Å². The van der Waals surface area contributed by atoms with Gasteiger partial charge in [-0.05, 0) is 37.1 Å². The summed E-state index contributed by atoms with van der Waals surface area (Å²) in [6.45, 7) is 3.68. The Morgan fingerprint density at radius 2 is 1.73 bits per heavy atom. The molecular weight excluding hydrogens is 289 g/mol. The van der Waals surface area contributed by atoms with E-state index in [1.807, 2.05) is 6.92 Å². The highest BCUT2D eigenvalue weighted by molar-refractivity contribution is 5.66. The van der Waals surface area contributed by atoms with Crippen LogP contribution < -0.4 is 4.74 Å². The summed E-state index contributed by atoms with van der Waals surface area (Å²) >= 11 is 0. The molecular formula is C18H17F3O. The van der Waals surface area contributed by atoms with E-state index >= 15 is 0 Å². The number of allylic oxidation sites excluding steroid dienone is 1. The monoisotopic (exact) mass is 306 g/mol. The number of hydrogen-bond acceptors (Lipinski definition) is 1. The Labute approximate surface area is 128 Å². The lowest BCUT2D eigenvalue weighted by molar-refractivity contribution is 0.415. The van der Waals surface area contributed by atoms with E-state index in [0.29, 0.717) is 0 Å². The molecule has 2 aromatic carbocycles. The normalized spacial score (nSPS) is 11.1. The lowest BCUT2D eigenvalue weighted by Gasteiger charge is -2.10. The molecule has 0 amide bonds. The first-order chi connectivity index (χ1) is 10.6. The Bertz CT molecular complexity index is 693. The van der Waals surface area contributed by atoms with Crippen LogP contribution in [0, 0.1) is 17.5 Å². The molecule has 0 aliphatic rings. The first-order valence-electron chi connectivity index (χ1n) is 7.13. The quantitative estimate of drug-likeness (QED) is 0.650. The van der Waals surface area contributed by atoms with Gasteiger partial charge < -0.3 is 4.74 Å². The third-order valence-corrected chi connectivity index (χ3v) is 3.24. The first kappa shape index (κ1) is 16.1. The highest BCUT2D eigenvalue weighted by Gasteiger charge is 2.18. The molecule has 0 aromatic heterocycles. The van der Waals surface area contributed by atoms with Crippen LogP contribution in [0.4, 0.5) is 13.2 Å². The molecule has 0 heterocycles. The standard InChI is InChI=1S/C18H17F3O/c1-3-5-12-6-7-13(15(19)11-12)14-8-9-16(22-10-4-2)18(21)17(14)20/h4,6-11H,3,5H2,1-2H3. The number of benzene rings is 2. The predicted molar refractivity (Wildman–Crippen MR) is 81.2 cm³/mol. The molecule has 0 radical (unpaired) electrons. The van der Waals surface area contributed by atoms with Crippen molar-refractivity contribution in [3.63, 3.8) is 0 Å². The number of halogens is 3. The fraction of sp³-hybridized carbons (Fsp3) is 0.222. The maximum absolute atomic E-state index is 14.2. The number of hydrogen-bond donors (Lipinski definition) is 0. The van der Waals surface area contributed by atoms with E-state index in [9.17, 15) is 13.2 Å². The van der Waals surface area contributed by atoms with Crippen LogP contribution in [-0.2, 0) is 6.42 Å². The summed E-state index contributed by atoms with van der Waals surface area (Å²) in [6.07, 6.45) is 4.43. The van der Waals surface area contributed by atoms with Gasteiger partial charge in [0.25, 0.3) is 0 Å². The third kappa shape index (κ3) is 3.32. The number of aryl methyl sites for hydroxylation is 1. The molecule has 116 valence electrons. The smallest absolute Gasteiger partial charge is 0.201 e. The van der Waals surface area contributed by atoms with Crippen molar-refractivity contribution in [2.75, 3.05) is 0 Å². The van der Waals surface area contributed by atoms with Crippen molar-refractivity contribution in [3.8, 4) is 16.9 Å². The predicted octanol–water partition coefficient (Wildman–Crippen LogP) is 5.64. The maximum Gasteiger partial charge on any atom is 0.201 e. The molecule has 0 bridgehead atoms. The summed E-state index contributed by atoms with van der Waals surface area (Å²) in [7, 11) is 0. The van der Waals surface area contributed by atoms with Gasteiger partial charge in [0.1, 0.15) is 5.82 Å². The van der Waals surface area contributed by atoms with Gasteiger partial charge in [0.2, 0.25) is 5.82 Å². The second kappa shape index (κ2) is 7.16. The minimum Gasteiger partial charge on any atom is -0.462 e. The summed E-state index contributed by atoms with van der Waals surface area (Å²) < 4.78 is 47.2. The molecule has 0 saturated heterocycles. The van der Waals surface area contributed by atoms with E-state index in [-0.39, 0.29) is 16.9 Å². The number of ether oxygens (including phenoxy) is 1. The van der Waals surface area contributed by atoms with E-state index in [1.165, 1.54) is 30.5 Å². The average Bonchev–Trinajstić information content (AvgIpc) is 2.50. The zero-order chi connectivity index (χ0) is 16.1. The van der Waals surface area contributed by atoms with Gasteiger partial charge in [-0.25, -0.2) is 8.78 Å². The Hall–Kier alpha value is -2.23. The van der Waals surface area contributed by atoms with Gasteiger partial charge in [-0.1, -0.05) is 31.6 Å². The van der Waals surface area contributed by atoms with E-state index in [2.05, 4.69) is 0 Å². The topological polar surface area (TPSA) is 9.23 Å². The van der Waals surface area contributed by atoms with Crippen LogP contribution in [0.2, 0.25) is 0 Å². The molecule has 0 aliphatic heterocycles. The second-order valence-electron chi connectivity index (χ2n) is 4.89. The molecule has 0 unspecified atom stereocenters. The van der Waals surface area contributed by atoms with Gasteiger partial charge in [-0.15, -0.1) is 0 Å². The highest BCUT2D eigenvalue weighted by Crippen LogP contribution is 2.32. The molecule has 2 aromatic rings. The van der Waals surface area contributed by atoms with Crippen LogP contribution in [0.1, 0.15) is 25.8 Å². The Morgan fingerprint density at radius 3 is 2.36 bits per heavy atom. The van der Waals surface area contributed by atoms with Gasteiger partial charge in [-0.2, -0.15) is 4.39 Å². The van der Waals surface area contributed by atoms with E-state index in [1.54, 1.807) is 19.1 Å². The Balaban J connectivity index is 2.43. The van der Waals surface area contributed by atoms with Crippen molar-refractivity contribution < 1.29 is 17.9 Å². The summed E-state index contributed by atoms with van der Waals surface area (Å²) in [5.41, 5.74) is 0.748. The molecule has 0 aliphatic carbocycles. The minimum absolute atomic E-state index is 0.0360. The molecule has 0 saturated carbocycles. The lowest BCUT2D eigenvalue weighted by atomic mass is 10.0. The van der Waals surface area contributed by atoms with Crippen molar-refractivity contribution in [2.45, 2.75) is 26.7 Å². The van der Waals surface area contributed by atoms with Gasteiger partial charge >= 0.3 is 0 Å². The summed E-state index contributed by atoms with van der Waals surface area (Å²) in [4.78, 5) is 0. The van der Waals surface area contributed by atoms with Crippen molar-refractivity contribution in [1.82, 2.24) is 0 Å². The third-order valence-electron chi connectivity index (χ3n) is 3.24. The maximum atomic E-state index is 14.2. The van der Waals surface area contributed by atoms with Crippen LogP contribution in [0.25, 0.3) is 11.1 Å². The van der Waals surface area contributed by atoms with Crippen LogP contribution in [-0.4, -0.2) is 0 Å². The van der Waals surface area contributed by atoms with Crippen molar-refractivity contribution in [3.05, 3.63) is 65.7 Å². The molecule has 22 heavy (non-hydrogen) atoms. The van der Waals surface area contributed by atoms with Crippen molar-refractivity contribution in [1.29, 1.82) is 0 Å². The van der Waals surface area contributed by atoms with E-state index < -0.39 is 17.5 Å². The zero-order valence-electron chi connectivity index (χ0n) is 12.5. The van der Waals surface area contributed by atoms with Crippen molar-refractivity contribution >= 4 is 0 Å². The highest BCUT2D eigenvalue weighted by atomic mass is 19.2. The minimum atomic E-state index is -1.13. The van der Waals surface area contributed by atoms with Crippen LogP contribution in [0.5, 0.6) is 5.75 Å². The summed E-state index contributed by atoms with van der Waals surface area (Å²) in [5, 5.41) is 0. The summed E-state index contributed by atoms with van der Waals surface area (Å²) in [6, 6.07) is 7.16. The number of rotatable bonds is 5. The lowest BCUT2D eigenvalue weighted by Crippen LogP contribution is -1.97. The zero-order valence-corrected chi connectivity index (χ0v) is 12.5. The van der Waals surface area contributed by atoms with Crippen LogP contribution in [0.15, 0.2) is 42.7 Å². The fourth-order valence-corrected chi connectivity index (χ4v) is 2.19. The fourth-order valence-electron chi connectivity index (χ4n) is 2.19. The average molecular weight is 306 g/mol. The van der Waals surface area contributed by atoms with Gasteiger partial charge in [0, 0.05) is 11.1 Å². The van der Waals surface area contributed by atoms with E-state index in [0.717, 1.165) is 18.4 Å². The molecule has 4 heteroatoms. The Morgan fingerprint density at radius 1 is 1.00 bits per heavy atom. The molecule has 0 atom stereocenters. The molecule has 0 fully saturated rings. The SMILES string of the molecule is CC=COc1ccc(-c2ccc(CCC)cc2F)c(F)c1F. The first-order valence-corrected chi connectivity index (χ1v) is 7.13.